The number of benzene rings is 1. The second-order valence-electron chi connectivity index (χ2n) is 6.59. The van der Waals surface area contributed by atoms with Gasteiger partial charge in [0.2, 0.25) is 0 Å². The minimum absolute atomic E-state index is 0.0117. The van der Waals surface area contributed by atoms with Crippen LogP contribution >= 0.6 is 0 Å². The lowest BCUT2D eigenvalue weighted by Crippen LogP contribution is -2.33. The van der Waals surface area contributed by atoms with Gasteiger partial charge in [0.15, 0.2) is 0 Å². The molecule has 3 nitrogen and oxygen atoms in total. The summed E-state index contributed by atoms with van der Waals surface area (Å²) in [6, 6.07) is 7.53. The Morgan fingerprint density at radius 2 is 1.67 bits per heavy atom. The Balaban J connectivity index is 1.92. The van der Waals surface area contributed by atoms with Crippen molar-refractivity contribution in [1.29, 1.82) is 0 Å². The second-order valence-corrected chi connectivity index (χ2v) is 6.59. The Hall–Kier alpha value is -1.35. The molecule has 0 heterocycles. The Bertz CT molecular complexity index is 454. The van der Waals surface area contributed by atoms with Gasteiger partial charge in [-0.25, -0.2) is 4.79 Å². The lowest BCUT2D eigenvalue weighted by molar-refractivity contribution is -0.299. The van der Waals surface area contributed by atoms with Gasteiger partial charge in [0.25, 0.3) is 0 Å². The maximum Gasteiger partial charge on any atom is 0.373 e. The molecule has 0 bridgehead atoms. The third-order valence-corrected chi connectivity index (χ3v) is 4.49. The SMILES string of the molecule is CC(C)c1ccc(C(=O)OOC2C(C)CCCC2C)cc1. The van der Waals surface area contributed by atoms with Gasteiger partial charge < -0.3 is 0 Å². The summed E-state index contributed by atoms with van der Waals surface area (Å²) in [7, 11) is 0. The maximum absolute atomic E-state index is 12.0. The van der Waals surface area contributed by atoms with Crippen LogP contribution in [0.3, 0.4) is 0 Å². The lowest BCUT2D eigenvalue weighted by atomic mass is 9.81. The molecule has 1 aliphatic carbocycles. The molecule has 21 heavy (non-hydrogen) atoms. The highest BCUT2D eigenvalue weighted by atomic mass is 17.2. The van der Waals surface area contributed by atoms with Crippen LogP contribution in [0.2, 0.25) is 0 Å². The first-order valence-corrected chi connectivity index (χ1v) is 7.96. The smallest absolute Gasteiger partial charge is 0.293 e. The van der Waals surface area contributed by atoms with Gasteiger partial charge in [0.05, 0.1) is 5.56 Å². The largest absolute Gasteiger partial charge is 0.373 e. The molecule has 0 saturated heterocycles. The molecule has 1 aromatic rings. The Morgan fingerprint density at radius 3 is 2.19 bits per heavy atom. The van der Waals surface area contributed by atoms with E-state index < -0.39 is 5.97 Å². The minimum atomic E-state index is -0.407. The average Bonchev–Trinajstić information content (AvgIpc) is 2.46. The van der Waals surface area contributed by atoms with Crippen molar-refractivity contribution in [1.82, 2.24) is 0 Å². The molecule has 0 radical (unpaired) electrons. The van der Waals surface area contributed by atoms with Crippen LogP contribution < -0.4 is 0 Å². The first kappa shape index (κ1) is 16.0. The number of carbonyl (C=O) groups is 1. The van der Waals surface area contributed by atoms with Crippen molar-refractivity contribution in [2.24, 2.45) is 11.8 Å². The molecule has 1 fully saturated rings. The van der Waals surface area contributed by atoms with E-state index in [-0.39, 0.29) is 6.10 Å². The molecular formula is C18H26O3. The van der Waals surface area contributed by atoms with Gasteiger partial charge in [0.1, 0.15) is 6.10 Å². The lowest BCUT2D eigenvalue weighted by Gasteiger charge is -2.32. The topological polar surface area (TPSA) is 35.5 Å². The fraction of sp³-hybridized carbons (Fsp3) is 0.611. The highest BCUT2D eigenvalue weighted by molar-refractivity contribution is 5.88. The van der Waals surface area contributed by atoms with Crippen LogP contribution in [0.5, 0.6) is 0 Å². The van der Waals surface area contributed by atoms with Crippen molar-refractivity contribution < 1.29 is 14.6 Å². The fourth-order valence-corrected chi connectivity index (χ4v) is 2.99. The molecule has 3 heteroatoms. The van der Waals surface area contributed by atoms with Crippen LogP contribution in [-0.4, -0.2) is 12.1 Å². The van der Waals surface area contributed by atoms with Crippen molar-refractivity contribution in [3.63, 3.8) is 0 Å². The molecule has 2 atom stereocenters. The van der Waals surface area contributed by atoms with Crippen molar-refractivity contribution in [2.45, 2.75) is 59.0 Å². The molecule has 0 N–H and O–H groups in total. The summed E-state index contributed by atoms with van der Waals surface area (Å²) >= 11 is 0. The van der Waals surface area contributed by atoms with Crippen molar-refractivity contribution in [3.05, 3.63) is 35.4 Å². The van der Waals surface area contributed by atoms with Gasteiger partial charge in [0, 0.05) is 0 Å². The molecule has 0 spiro atoms. The van der Waals surface area contributed by atoms with Crippen LogP contribution in [0, 0.1) is 11.8 Å². The fourth-order valence-electron chi connectivity index (χ4n) is 2.99. The van der Waals surface area contributed by atoms with E-state index in [1.54, 1.807) is 12.1 Å². The van der Waals surface area contributed by atoms with Crippen molar-refractivity contribution >= 4 is 5.97 Å². The highest BCUT2D eigenvalue weighted by Crippen LogP contribution is 2.31. The quantitative estimate of drug-likeness (QED) is 0.594. The van der Waals surface area contributed by atoms with E-state index in [4.69, 9.17) is 9.78 Å². The Kier molecular flexibility index (Phi) is 5.40. The normalized spacial score (nSPS) is 25.9. The predicted molar refractivity (Wildman–Crippen MR) is 83.0 cm³/mol. The molecule has 1 saturated carbocycles. The third-order valence-electron chi connectivity index (χ3n) is 4.49. The Labute approximate surface area is 127 Å². The molecule has 0 aromatic heterocycles. The molecule has 116 valence electrons. The van der Waals surface area contributed by atoms with Crippen molar-refractivity contribution in [2.75, 3.05) is 0 Å². The summed E-state index contributed by atoms with van der Waals surface area (Å²) in [5.41, 5.74) is 1.75. The first-order valence-electron chi connectivity index (χ1n) is 7.96. The van der Waals surface area contributed by atoms with Gasteiger partial charge >= 0.3 is 5.97 Å². The predicted octanol–water partition coefficient (Wildman–Crippen LogP) is 4.72. The molecular weight excluding hydrogens is 264 g/mol. The first-order chi connectivity index (χ1) is 9.99. The molecule has 2 rings (SSSR count). The molecule has 1 aliphatic rings. The third kappa shape index (κ3) is 4.07. The maximum atomic E-state index is 12.0. The number of carbonyl (C=O) groups excluding carboxylic acids is 1. The van der Waals surface area contributed by atoms with Crippen LogP contribution in [0.25, 0.3) is 0 Å². The minimum Gasteiger partial charge on any atom is -0.293 e. The summed E-state index contributed by atoms with van der Waals surface area (Å²) < 4.78 is 0. The van der Waals surface area contributed by atoms with E-state index in [2.05, 4.69) is 27.7 Å². The monoisotopic (exact) mass is 290 g/mol. The van der Waals surface area contributed by atoms with Gasteiger partial charge in [-0.15, -0.1) is 0 Å². The van der Waals surface area contributed by atoms with E-state index in [1.165, 1.54) is 12.0 Å². The summed E-state index contributed by atoms with van der Waals surface area (Å²) in [5, 5.41) is 0. The highest BCUT2D eigenvalue weighted by Gasteiger charge is 2.30. The Morgan fingerprint density at radius 1 is 1.10 bits per heavy atom. The molecule has 0 aliphatic heterocycles. The summed E-state index contributed by atoms with van der Waals surface area (Å²) in [4.78, 5) is 22.6. The molecule has 1 aromatic carbocycles. The van der Waals surface area contributed by atoms with E-state index in [0.717, 1.165) is 12.8 Å². The zero-order valence-electron chi connectivity index (χ0n) is 13.5. The molecule has 2 unspecified atom stereocenters. The summed E-state index contributed by atoms with van der Waals surface area (Å²) in [6.45, 7) is 8.57. The zero-order chi connectivity index (χ0) is 15.4. The zero-order valence-corrected chi connectivity index (χ0v) is 13.5. The van der Waals surface area contributed by atoms with E-state index >= 15 is 0 Å². The van der Waals surface area contributed by atoms with Gasteiger partial charge in [-0.05, 0) is 48.3 Å². The van der Waals surface area contributed by atoms with Gasteiger partial charge in [-0.3, -0.25) is 4.89 Å². The summed E-state index contributed by atoms with van der Waals surface area (Å²) in [5.74, 6) is 0.917. The van der Waals surface area contributed by atoms with Crippen LogP contribution in [0.4, 0.5) is 0 Å². The van der Waals surface area contributed by atoms with Crippen LogP contribution in [-0.2, 0) is 9.78 Å². The number of rotatable bonds is 4. The summed E-state index contributed by atoms with van der Waals surface area (Å²) in [6.07, 6.45) is 3.51. The number of hydrogen-bond acceptors (Lipinski definition) is 3. The van der Waals surface area contributed by atoms with E-state index in [1.807, 2.05) is 12.1 Å². The van der Waals surface area contributed by atoms with Gasteiger partial charge in [-0.1, -0.05) is 46.2 Å². The van der Waals surface area contributed by atoms with Crippen LogP contribution in [0.15, 0.2) is 24.3 Å². The molecule has 0 amide bonds. The second kappa shape index (κ2) is 7.08. The average molecular weight is 290 g/mol. The standard InChI is InChI=1S/C18H26O3/c1-12(2)15-8-10-16(11-9-15)18(19)21-20-17-13(3)6-5-7-14(17)4/h8-14,17H,5-7H2,1-4H3. The van der Waals surface area contributed by atoms with Crippen LogP contribution in [0.1, 0.15) is 68.8 Å². The van der Waals surface area contributed by atoms with Gasteiger partial charge in [-0.2, -0.15) is 4.89 Å². The number of hydrogen-bond donors (Lipinski definition) is 0. The van der Waals surface area contributed by atoms with E-state index in [0.29, 0.717) is 23.3 Å². The van der Waals surface area contributed by atoms with Crippen molar-refractivity contribution in [3.8, 4) is 0 Å². The van der Waals surface area contributed by atoms with E-state index in [9.17, 15) is 4.79 Å².